The zero-order valence-electron chi connectivity index (χ0n) is 11.9. The van der Waals surface area contributed by atoms with Crippen LogP contribution in [0.1, 0.15) is 6.92 Å². The minimum Gasteiger partial charge on any atom is -0.379 e. The van der Waals surface area contributed by atoms with E-state index in [0.717, 1.165) is 6.26 Å². The zero-order valence-corrected chi connectivity index (χ0v) is 12.7. The molecule has 1 aliphatic rings. The van der Waals surface area contributed by atoms with E-state index >= 15 is 0 Å². The summed E-state index contributed by atoms with van der Waals surface area (Å²) in [5.74, 6) is -0.212. The third kappa shape index (κ3) is 3.72. The van der Waals surface area contributed by atoms with Gasteiger partial charge in [0.2, 0.25) is 15.9 Å². The van der Waals surface area contributed by atoms with Gasteiger partial charge in [0.15, 0.2) is 0 Å². The van der Waals surface area contributed by atoms with Gasteiger partial charge < -0.3 is 15.8 Å². The monoisotopic (exact) mass is 313 g/mol. The third-order valence-corrected chi connectivity index (χ3v) is 4.09. The van der Waals surface area contributed by atoms with E-state index in [4.69, 9.17) is 10.5 Å². The maximum Gasteiger partial charge on any atom is 0.234 e. The van der Waals surface area contributed by atoms with Gasteiger partial charge in [-0.05, 0) is 31.2 Å². The first-order valence-corrected chi connectivity index (χ1v) is 8.32. The van der Waals surface area contributed by atoms with E-state index < -0.39 is 15.4 Å². The van der Waals surface area contributed by atoms with E-state index in [0.29, 0.717) is 18.0 Å². The van der Waals surface area contributed by atoms with E-state index in [9.17, 15) is 13.2 Å². The molecule has 1 aromatic rings. The number of amides is 1. The van der Waals surface area contributed by atoms with Crippen molar-refractivity contribution in [1.29, 1.82) is 0 Å². The number of sulfonamides is 1. The summed E-state index contributed by atoms with van der Waals surface area (Å²) in [4.78, 5) is 12.3. The highest BCUT2D eigenvalue weighted by atomic mass is 32.2. The summed E-state index contributed by atoms with van der Waals surface area (Å²) in [5, 5.41) is 2.77. The fraction of sp³-hybridized carbons (Fsp3) is 0.462. The van der Waals surface area contributed by atoms with Gasteiger partial charge in [0.1, 0.15) is 0 Å². The molecule has 1 aromatic carbocycles. The first-order valence-electron chi connectivity index (χ1n) is 6.43. The Labute approximate surface area is 123 Å². The summed E-state index contributed by atoms with van der Waals surface area (Å²) >= 11 is 0. The molecule has 116 valence electrons. The SMILES string of the molecule is CC1(C(=O)Nc2ccc(NS(C)(=O)=O)cc2)COCC1N. The number of carbonyl (C=O) groups is 1. The summed E-state index contributed by atoms with van der Waals surface area (Å²) in [6.07, 6.45) is 1.07. The molecule has 2 unspecified atom stereocenters. The molecule has 2 atom stereocenters. The summed E-state index contributed by atoms with van der Waals surface area (Å²) in [5.41, 5.74) is 6.14. The Morgan fingerprint density at radius 1 is 1.33 bits per heavy atom. The Morgan fingerprint density at radius 2 is 1.90 bits per heavy atom. The van der Waals surface area contributed by atoms with Gasteiger partial charge in [0.25, 0.3) is 0 Å². The summed E-state index contributed by atoms with van der Waals surface area (Å²) in [6, 6.07) is 6.05. The predicted octanol–water partition coefficient (Wildman–Crippen LogP) is 0.360. The largest absolute Gasteiger partial charge is 0.379 e. The molecule has 0 saturated carbocycles. The summed E-state index contributed by atoms with van der Waals surface area (Å²) in [7, 11) is -3.31. The van der Waals surface area contributed by atoms with E-state index in [1.165, 1.54) is 0 Å². The number of nitrogens with two attached hydrogens (primary N) is 1. The second-order valence-corrected chi connectivity index (χ2v) is 7.19. The van der Waals surface area contributed by atoms with Crippen molar-refractivity contribution in [1.82, 2.24) is 0 Å². The Morgan fingerprint density at radius 3 is 2.38 bits per heavy atom. The number of ether oxygens (including phenoxy) is 1. The van der Waals surface area contributed by atoms with Crippen LogP contribution in [-0.2, 0) is 19.6 Å². The first-order chi connectivity index (χ1) is 9.71. The molecule has 0 radical (unpaired) electrons. The van der Waals surface area contributed by atoms with Crippen molar-refractivity contribution < 1.29 is 17.9 Å². The molecule has 0 spiro atoms. The van der Waals surface area contributed by atoms with Gasteiger partial charge in [0.05, 0.1) is 24.9 Å². The highest BCUT2D eigenvalue weighted by molar-refractivity contribution is 7.92. The molecule has 0 aliphatic carbocycles. The van der Waals surface area contributed by atoms with Crippen LogP contribution in [0.5, 0.6) is 0 Å². The van der Waals surface area contributed by atoms with E-state index in [2.05, 4.69) is 10.0 Å². The molecule has 1 heterocycles. The van der Waals surface area contributed by atoms with Gasteiger partial charge in [-0.2, -0.15) is 0 Å². The molecular weight excluding hydrogens is 294 g/mol. The molecule has 1 fully saturated rings. The minimum absolute atomic E-state index is 0.212. The van der Waals surface area contributed by atoms with Gasteiger partial charge in [-0.25, -0.2) is 8.42 Å². The van der Waals surface area contributed by atoms with Crippen molar-refractivity contribution in [2.24, 2.45) is 11.1 Å². The topological polar surface area (TPSA) is 111 Å². The molecular formula is C13H19N3O4S. The first kappa shape index (κ1) is 15.7. The van der Waals surface area contributed by atoms with Gasteiger partial charge in [-0.3, -0.25) is 9.52 Å². The molecule has 1 saturated heterocycles. The molecule has 1 amide bonds. The number of rotatable bonds is 4. The average Bonchev–Trinajstić information content (AvgIpc) is 2.72. The molecule has 8 heteroatoms. The number of anilines is 2. The Bertz CT molecular complexity index is 629. The van der Waals surface area contributed by atoms with Crippen LogP contribution in [0.3, 0.4) is 0 Å². The van der Waals surface area contributed by atoms with Gasteiger partial charge in [-0.1, -0.05) is 0 Å². The van der Waals surface area contributed by atoms with Gasteiger partial charge in [0, 0.05) is 17.4 Å². The van der Waals surface area contributed by atoms with E-state index in [1.807, 2.05) is 0 Å². The van der Waals surface area contributed by atoms with Crippen LogP contribution in [0.2, 0.25) is 0 Å². The smallest absolute Gasteiger partial charge is 0.234 e. The Hall–Kier alpha value is -1.64. The van der Waals surface area contributed by atoms with Crippen molar-refractivity contribution in [3.05, 3.63) is 24.3 Å². The standard InChI is InChI=1S/C13H19N3O4S/c1-13(8-20-7-11(13)14)12(17)15-9-3-5-10(6-4-9)16-21(2,18)19/h3-6,11,16H,7-8,14H2,1-2H3,(H,15,17). The minimum atomic E-state index is -3.31. The molecule has 0 bridgehead atoms. The van der Waals surface area contributed by atoms with Crippen LogP contribution in [0, 0.1) is 5.41 Å². The molecule has 0 aromatic heterocycles. The van der Waals surface area contributed by atoms with Crippen LogP contribution in [0.25, 0.3) is 0 Å². The lowest BCUT2D eigenvalue weighted by molar-refractivity contribution is -0.125. The lowest BCUT2D eigenvalue weighted by Crippen LogP contribution is -2.47. The van der Waals surface area contributed by atoms with Crippen LogP contribution >= 0.6 is 0 Å². The normalized spacial score (nSPS) is 25.6. The second kappa shape index (κ2) is 5.63. The highest BCUT2D eigenvalue weighted by Gasteiger charge is 2.44. The fourth-order valence-corrected chi connectivity index (χ4v) is 2.60. The van der Waals surface area contributed by atoms with Crippen molar-refractivity contribution >= 4 is 27.3 Å². The van der Waals surface area contributed by atoms with Crippen LogP contribution in [0.15, 0.2) is 24.3 Å². The second-order valence-electron chi connectivity index (χ2n) is 5.44. The number of hydrogen-bond donors (Lipinski definition) is 3. The molecule has 7 nitrogen and oxygen atoms in total. The predicted molar refractivity (Wildman–Crippen MR) is 80.4 cm³/mol. The molecule has 2 rings (SSSR count). The number of nitrogens with one attached hydrogen (secondary N) is 2. The van der Waals surface area contributed by atoms with Crippen molar-refractivity contribution in [2.75, 3.05) is 29.5 Å². The third-order valence-electron chi connectivity index (χ3n) is 3.48. The number of hydrogen-bond acceptors (Lipinski definition) is 5. The highest BCUT2D eigenvalue weighted by Crippen LogP contribution is 2.29. The molecule has 4 N–H and O–H groups in total. The molecule has 1 aliphatic heterocycles. The van der Waals surface area contributed by atoms with Crippen molar-refractivity contribution in [3.63, 3.8) is 0 Å². The van der Waals surface area contributed by atoms with Gasteiger partial charge in [-0.15, -0.1) is 0 Å². The maximum absolute atomic E-state index is 12.3. The Kier molecular flexibility index (Phi) is 4.22. The van der Waals surface area contributed by atoms with Crippen LogP contribution in [0.4, 0.5) is 11.4 Å². The lowest BCUT2D eigenvalue weighted by Gasteiger charge is -2.25. The molecule has 21 heavy (non-hydrogen) atoms. The van der Waals surface area contributed by atoms with E-state index in [1.54, 1.807) is 31.2 Å². The van der Waals surface area contributed by atoms with Crippen molar-refractivity contribution in [2.45, 2.75) is 13.0 Å². The van der Waals surface area contributed by atoms with Crippen molar-refractivity contribution in [3.8, 4) is 0 Å². The number of carbonyl (C=O) groups excluding carboxylic acids is 1. The summed E-state index contributed by atoms with van der Waals surface area (Å²) in [6.45, 7) is 2.41. The fourth-order valence-electron chi connectivity index (χ4n) is 2.03. The maximum atomic E-state index is 12.3. The average molecular weight is 313 g/mol. The van der Waals surface area contributed by atoms with Crippen LogP contribution < -0.4 is 15.8 Å². The van der Waals surface area contributed by atoms with Crippen LogP contribution in [-0.4, -0.2) is 39.8 Å². The number of benzene rings is 1. The summed E-state index contributed by atoms with van der Waals surface area (Å²) < 4.78 is 29.8. The zero-order chi connectivity index (χ0) is 15.7. The van der Waals surface area contributed by atoms with Gasteiger partial charge >= 0.3 is 0 Å². The quantitative estimate of drug-likeness (QED) is 0.743. The lowest BCUT2D eigenvalue weighted by atomic mass is 9.85. The van der Waals surface area contributed by atoms with E-state index in [-0.39, 0.29) is 18.6 Å². The Balaban J connectivity index is 2.05.